The molecule has 0 aromatic heterocycles. The van der Waals surface area contributed by atoms with Crippen molar-refractivity contribution in [3.8, 4) is 11.5 Å². The molecule has 0 heterocycles. The molecule has 20 heavy (non-hydrogen) atoms. The van der Waals surface area contributed by atoms with Crippen molar-refractivity contribution in [3.63, 3.8) is 0 Å². The molecule has 0 unspecified atom stereocenters. The van der Waals surface area contributed by atoms with Crippen molar-refractivity contribution < 1.29 is 10.2 Å². The Morgan fingerprint density at radius 1 is 1.10 bits per heavy atom. The number of phenols is 2. The van der Waals surface area contributed by atoms with Gasteiger partial charge in [-0.15, -0.1) is 0 Å². The Morgan fingerprint density at radius 3 is 2.55 bits per heavy atom. The third-order valence-corrected chi connectivity index (χ3v) is 2.61. The van der Waals surface area contributed by atoms with Gasteiger partial charge >= 0.3 is 0 Å². The molecule has 5 nitrogen and oxygen atoms in total. The maximum Gasteiger partial charge on any atom is 0.191 e. The van der Waals surface area contributed by atoms with Crippen LogP contribution in [0, 0.1) is 0 Å². The van der Waals surface area contributed by atoms with Gasteiger partial charge in [0.15, 0.2) is 5.11 Å². The standard InChI is InChI=1S/C14H13N3O2S/c18-12-7-6-10(13(19)8-12)9-15-17-14(20)16-11-4-2-1-3-5-11/h1-9,18-19H,(H2,16,17,20). The van der Waals surface area contributed by atoms with Crippen LogP contribution in [0.1, 0.15) is 5.56 Å². The van der Waals surface area contributed by atoms with Crippen molar-refractivity contribution in [1.82, 2.24) is 5.43 Å². The molecule has 0 aliphatic rings. The number of nitrogens with one attached hydrogen (secondary N) is 2. The number of para-hydroxylation sites is 1. The van der Waals surface area contributed by atoms with Crippen LogP contribution < -0.4 is 10.7 Å². The van der Waals surface area contributed by atoms with Crippen LogP contribution in [-0.2, 0) is 0 Å². The Morgan fingerprint density at radius 2 is 1.85 bits per heavy atom. The lowest BCUT2D eigenvalue weighted by atomic mass is 10.2. The van der Waals surface area contributed by atoms with Crippen LogP contribution in [0.25, 0.3) is 0 Å². The molecule has 0 spiro atoms. The lowest BCUT2D eigenvalue weighted by Gasteiger charge is -2.06. The molecule has 0 aliphatic heterocycles. The molecule has 0 saturated heterocycles. The molecule has 2 rings (SSSR count). The van der Waals surface area contributed by atoms with Gasteiger partial charge in [-0.3, -0.25) is 5.43 Å². The maximum absolute atomic E-state index is 9.56. The first kappa shape index (κ1) is 13.8. The molecule has 0 saturated carbocycles. The Bertz CT molecular complexity index is 630. The quantitative estimate of drug-likeness (QED) is 0.396. The van der Waals surface area contributed by atoms with E-state index in [-0.39, 0.29) is 11.5 Å². The summed E-state index contributed by atoms with van der Waals surface area (Å²) in [5.41, 5.74) is 3.96. The first-order valence-electron chi connectivity index (χ1n) is 5.82. The molecule has 6 heteroatoms. The molecule has 0 radical (unpaired) electrons. The van der Waals surface area contributed by atoms with E-state index in [1.807, 2.05) is 30.3 Å². The van der Waals surface area contributed by atoms with Gasteiger partial charge in [0, 0.05) is 17.3 Å². The number of benzene rings is 2. The lowest BCUT2D eigenvalue weighted by molar-refractivity contribution is 0.450. The summed E-state index contributed by atoms with van der Waals surface area (Å²) in [5.74, 6) is -0.0636. The molecule has 4 N–H and O–H groups in total. The van der Waals surface area contributed by atoms with Gasteiger partial charge in [0.2, 0.25) is 0 Å². The number of nitrogens with zero attached hydrogens (tertiary/aromatic N) is 1. The number of hydrogen-bond donors (Lipinski definition) is 4. The highest BCUT2D eigenvalue weighted by Gasteiger charge is 1.99. The Labute approximate surface area is 121 Å². The third kappa shape index (κ3) is 3.96. The number of thiocarbonyl (C=S) groups is 1. The van der Waals surface area contributed by atoms with Gasteiger partial charge in [-0.1, -0.05) is 18.2 Å². The van der Waals surface area contributed by atoms with Crippen molar-refractivity contribution in [2.45, 2.75) is 0 Å². The highest BCUT2D eigenvalue weighted by atomic mass is 32.1. The van der Waals surface area contributed by atoms with Crippen molar-refractivity contribution in [1.29, 1.82) is 0 Å². The average Bonchev–Trinajstić information content (AvgIpc) is 2.42. The number of phenolic OH excluding ortho intramolecular Hbond substituents is 2. The highest BCUT2D eigenvalue weighted by molar-refractivity contribution is 7.80. The van der Waals surface area contributed by atoms with Gasteiger partial charge in [0.25, 0.3) is 0 Å². The Hall–Kier alpha value is -2.60. The van der Waals surface area contributed by atoms with Crippen molar-refractivity contribution in [2.24, 2.45) is 5.10 Å². The monoisotopic (exact) mass is 287 g/mol. The van der Waals surface area contributed by atoms with E-state index < -0.39 is 0 Å². The van der Waals surface area contributed by atoms with Crippen LogP contribution in [0.15, 0.2) is 53.6 Å². The molecule has 0 bridgehead atoms. The number of aromatic hydroxyl groups is 2. The van der Waals surface area contributed by atoms with E-state index in [4.69, 9.17) is 17.3 Å². The summed E-state index contributed by atoms with van der Waals surface area (Å²) in [7, 11) is 0. The normalized spacial score (nSPS) is 10.4. The predicted molar refractivity (Wildman–Crippen MR) is 83.2 cm³/mol. The van der Waals surface area contributed by atoms with E-state index >= 15 is 0 Å². The first-order valence-corrected chi connectivity index (χ1v) is 6.23. The van der Waals surface area contributed by atoms with E-state index in [2.05, 4.69) is 15.8 Å². The van der Waals surface area contributed by atoms with Gasteiger partial charge in [-0.25, -0.2) is 0 Å². The number of anilines is 1. The number of rotatable bonds is 3. The third-order valence-electron chi connectivity index (χ3n) is 2.42. The zero-order chi connectivity index (χ0) is 14.4. The van der Waals surface area contributed by atoms with Crippen molar-refractivity contribution >= 4 is 29.2 Å². The first-order chi connectivity index (χ1) is 9.65. The summed E-state index contributed by atoms with van der Waals surface area (Å²) in [6.07, 6.45) is 1.41. The second-order valence-corrected chi connectivity index (χ2v) is 4.34. The van der Waals surface area contributed by atoms with Gasteiger partial charge in [0.05, 0.1) is 6.21 Å². The van der Waals surface area contributed by atoms with Gasteiger partial charge in [0.1, 0.15) is 11.5 Å². The molecular formula is C14H13N3O2S. The zero-order valence-electron chi connectivity index (χ0n) is 10.4. The zero-order valence-corrected chi connectivity index (χ0v) is 11.3. The summed E-state index contributed by atoms with van der Waals surface area (Å²) in [4.78, 5) is 0. The smallest absolute Gasteiger partial charge is 0.191 e. The van der Waals surface area contributed by atoms with E-state index in [0.717, 1.165) is 5.69 Å². The second kappa shape index (κ2) is 6.53. The fourth-order valence-corrected chi connectivity index (χ4v) is 1.65. The van der Waals surface area contributed by atoms with Gasteiger partial charge in [-0.05, 0) is 36.5 Å². The molecule has 102 valence electrons. The van der Waals surface area contributed by atoms with E-state index in [1.165, 1.54) is 18.3 Å². The summed E-state index contributed by atoms with van der Waals surface area (Å²) in [5, 5.41) is 25.9. The number of hydrazone groups is 1. The van der Waals surface area contributed by atoms with Crippen LogP contribution in [0.2, 0.25) is 0 Å². The second-order valence-electron chi connectivity index (χ2n) is 3.93. The minimum atomic E-state index is -0.0579. The molecule has 2 aromatic carbocycles. The van der Waals surface area contributed by atoms with Crippen LogP contribution in [0.3, 0.4) is 0 Å². The SMILES string of the molecule is Oc1ccc(C=NNC(=S)Nc2ccccc2)c(O)c1. The van der Waals surface area contributed by atoms with Crippen LogP contribution in [0.5, 0.6) is 11.5 Å². The van der Waals surface area contributed by atoms with Crippen molar-refractivity contribution in [2.75, 3.05) is 5.32 Å². The summed E-state index contributed by atoms with van der Waals surface area (Å²) in [6.45, 7) is 0. The fraction of sp³-hybridized carbons (Fsp3) is 0. The molecule has 0 amide bonds. The van der Waals surface area contributed by atoms with Crippen LogP contribution in [0.4, 0.5) is 5.69 Å². The Balaban J connectivity index is 1.91. The number of hydrogen-bond acceptors (Lipinski definition) is 4. The Kier molecular flexibility index (Phi) is 4.52. The summed E-state index contributed by atoms with van der Waals surface area (Å²) in [6, 6.07) is 13.7. The van der Waals surface area contributed by atoms with Crippen LogP contribution >= 0.6 is 12.2 Å². The van der Waals surface area contributed by atoms with E-state index in [0.29, 0.717) is 10.7 Å². The lowest BCUT2D eigenvalue weighted by Crippen LogP contribution is -2.23. The van der Waals surface area contributed by atoms with E-state index in [1.54, 1.807) is 6.07 Å². The molecular weight excluding hydrogens is 274 g/mol. The summed E-state index contributed by atoms with van der Waals surface area (Å²) >= 11 is 5.07. The maximum atomic E-state index is 9.56. The van der Waals surface area contributed by atoms with Crippen molar-refractivity contribution in [3.05, 3.63) is 54.1 Å². The highest BCUT2D eigenvalue weighted by Crippen LogP contribution is 2.20. The predicted octanol–water partition coefficient (Wildman–Crippen LogP) is 2.42. The fourth-order valence-electron chi connectivity index (χ4n) is 1.48. The average molecular weight is 287 g/mol. The summed E-state index contributed by atoms with van der Waals surface area (Å²) < 4.78 is 0. The van der Waals surface area contributed by atoms with Crippen LogP contribution in [-0.4, -0.2) is 21.5 Å². The largest absolute Gasteiger partial charge is 0.508 e. The molecule has 0 atom stereocenters. The minimum Gasteiger partial charge on any atom is -0.508 e. The molecule has 0 fully saturated rings. The topological polar surface area (TPSA) is 76.9 Å². The van der Waals surface area contributed by atoms with E-state index in [9.17, 15) is 5.11 Å². The van der Waals surface area contributed by atoms with Gasteiger partial charge in [-0.2, -0.15) is 5.10 Å². The van der Waals surface area contributed by atoms with Gasteiger partial charge < -0.3 is 15.5 Å². The minimum absolute atomic E-state index is 0.00567. The molecule has 0 aliphatic carbocycles. The molecule has 2 aromatic rings.